The maximum absolute atomic E-state index is 11.8. The van der Waals surface area contributed by atoms with Crippen molar-refractivity contribution in [3.05, 3.63) is 0 Å². The van der Waals surface area contributed by atoms with Crippen molar-refractivity contribution < 1.29 is 23.0 Å². The van der Waals surface area contributed by atoms with Crippen molar-refractivity contribution in [1.82, 2.24) is 0 Å². The van der Waals surface area contributed by atoms with Crippen molar-refractivity contribution in [3.63, 3.8) is 0 Å². The van der Waals surface area contributed by atoms with Gasteiger partial charge in [-0.05, 0) is 25.2 Å². The highest BCUT2D eigenvalue weighted by atomic mass is 19.4. The minimum absolute atomic E-state index is 0.00877. The third kappa shape index (κ3) is 5.14. The van der Waals surface area contributed by atoms with Crippen molar-refractivity contribution in [1.29, 1.82) is 0 Å². The summed E-state index contributed by atoms with van der Waals surface area (Å²) in [6, 6.07) is -0.254. The van der Waals surface area contributed by atoms with Crippen LogP contribution in [0.25, 0.3) is 0 Å². The van der Waals surface area contributed by atoms with E-state index in [0.717, 1.165) is 12.8 Å². The van der Waals surface area contributed by atoms with E-state index in [1.54, 1.807) is 0 Å². The minimum atomic E-state index is -4.14. The van der Waals surface area contributed by atoms with Gasteiger partial charge in [0.05, 0.1) is 12.7 Å². The lowest BCUT2D eigenvalue weighted by Crippen LogP contribution is -2.41. The molecule has 0 aromatic rings. The van der Waals surface area contributed by atoms with Gasteiger partial charge in [0, 0.05) is 19.1 Å². The van der Waals surface area contributed by atoms with Crippen LogP contribution >= 0.6 is 0 Å². The number of hydrogen-bond acceptors (Lipinski definition) is 3. The summed E-state index contributed by atoms with van der Waals surface area (Å²) in [5, 5.41) is 9.01. The second kappa shape index (κ2) is 5.84. The minimum Gasteiger partial charge on any atom is -0.394 e. The van der Waals surface area contributed by atoms with Crippen LogP contribution in [0, 0.1) is 5.92 Å². The van der Waals surface area contributed by atoms with E-state index < -0.39 is 18.7 Å². The normalized spacial score (nSPS) is 20.8. The first-order chi connectivity index (χ1) is 7.44. The summed E-state index contributed by atoms with van der Waals surface area (Å²) in [6.45, 7) is -0.241. The van der Waals surface area contributed by atoms with Crippen molar-refractivity contribution in [2.24, 2.45) is 11.7 Å². The number of aliphatic hydroxyl groups is 1. The number of nitrogens with two attached hydrogens (primary N) is 1. The molecule has 0 aromatic carbocycles. The molecule has 6 heteroatoms. The SMILES string of the molecule is NC(C1CC1)C(CO)OCCCC(F)(F)F. The Balaban J connectivity index is 2.13. The number of alkyl halides is 3. The second-order valence-electron chi connectivity index (χ2n) is 4.23. The lowest BCUT2D eigenvalue weighted by Gasteiger charge is -2.22. The standard InChI is InChI=1S/C10H18F3NO2/c11-10(12,13)4-1-5-16-8(6-15)9(14)7-2-3-7/h7-9,15H,1-6,14H2. The van der Waals surface area contributed by atoms with Gasteiger partial charge in [-0.2, -0.15) is 13.2 Å². The molecule has 0 aromatic heterocycles. The molecule has 0 saturated heterocycles. The fourth-order valence-corrected chi connectivity index (χ4v) is 1.58. The summed E-state index contributed by atoms with van der Waals surface area (Å²) in [7, 11) is 0. The van der Waals surface area contributed by atoms with Crippen LogP contribution in [0.1, 0.15) is 25.7 Å². The van der Waals surface area contributed by atoms with Gasteiger partial charge < -0.3 is 15.6 Å². The third-order valence-electron chi connectivity index (χ3n) is 2.71. The molecule has 0 amide bonds. The van der Waals surface area contributed by atoms with Crippen LogP contribution in [0.3, 0.4) is 0 Å². The molecule has 1 fully saturated rings. The lowest BCUT2D eigenvalue weighted by molar-refractivity contribution is -0.139. The molecule has 1 rings (SSSR count). The highest BCUT2D eigenvalue weighted by Gasteiger charge is 2.34. The fraction of sp³-hybridized carbons (Fsp3) is 1.00. The molecular formula is C10H18F3NO2. The van der Waals surface area contributed by atoms with Crippen molar-refractivity contribution in [3.8, 4) is 0 Å². The van der Waals surface area contributed by atoms with Gasteiger partial charge in [0.2, 0.25) is 0 Å². The Morgan fingerprint density at radius 2 is 2.00 bits per heavy atom. The zero-order chi connectivity index (χ0) is 12.2. The highest BCUT2D eigenvalue weighted by Crippen LogP contribution is 2.33. The second-order valence-corrected chi connectivity index (χ2v) is 4.23. The summed E-state index contributed by atoms with van der Waals surface area (Å²) in [6.07, 6.45) is -3.58. The molecular weight excluding hydrogens is 223 g/mol. The molecule has 0 bridgehead atoms. The molecule has 1 saturated carbocycles. The smallest absolute Gasteiger partial charge is 0.389 e. The number of rotatable bonds is 7. The molecule has 2 unspecified atom stereocenters. The van der Waals surface area contributed by atoms with Crippen molar-refractivity contribution >= 4 is 0 Å². The van der Waals surface area contributed by atoms with Gasteiger partial charge >= 0.3 is 6.18 Å². The van der Waals surface area contributed by atoms with E-state index in [1.807, 2.05) is 0 Å². The quantitative estimate of drug-likeness (QED) is 0.663. The Hall–Kier alpha value is -0.330. The Labute approximate surface area is 92.8 Å². The maximum atomic E-state index is 11.8. The van der Waals surface area contributed by atoms with Crippen LogP contribution in [0.15, 0.2) is 0 Å². The highest BCUT2D eigenvalue weighted by molar-refractivity contribution is 4.89. The number of aliphatic hydroxyl groups excluding tert-OH is 1. The number of hydrogen-bond donors (Lipinski definition) is 2. The van der Waals surface area contributed by atoms with E-state index in [0.29, 0.717) is 5.92 Å². The van der Waals surface area contributed by atoms with Gasteiger partial charge in [-0.1, -0.05) is 0 Å². The summed E-state index contributed by atoms with van der Waals surface area (Å²) >= 11 is 0. The van der Waals surface area contributed by atoms with Gasteiger partial charge in [-0.25, -0.2) is 0 Å². The Kier molecular flexibility index (Phi) is 5.01. The van der Waals surface area contributed by atoms with E-state index in [1.165, 1.54) is 0 Å². The molecule has 3 N–H and O–H groups in total. The van der Waals surface area contributed by atoms with Crippen LogP contribution in [-0.4, -0.2) is 36.6 Å². The van der Waals surface area contributed by atoms with Crippen molar-refractivity contribution in [2.75, 3.05) is 13.2 Å². The predicted molar refractivity (Wildman–Crippen MR) is 52.8 cm³/mol. The van der Waals surface area contributed by atoms with Gasteiger partial charge in [0.25, 0.3) is 0 Å². The number of halogens is 3. The van der Waals surface area contributed by atoms with E-state index in [9.17, 15) is 13.2 Å². The Bertz CT molecular complexity index is 207. The first-order valence-corrected chi connectivity index (χ1v) is 5.49. The van der Waals surface area contributed by atoms with Gasteiger partial charge in [-0.15, -0.1) is 0 Å². The molecule has 96 valence electrons. The third-order valence-corrected chi connectivity index (χ3v) is 2.71. The van der Waals surface area contributed by atoms with E-state index in [2.05, 4.69) is 0 Å². The first kappa shape index (κ1) is 13.7. The number of ether oxygens (including phenoxy) is 1. The van der Waals surface area contributed by atoms with Gasteiger partial charge in [0.15, 0.2) is 0 Å². The van der Waals surface area contributed by atoms with Crippen LogP contribution in [-0.2, 0) is 4.74 Å². The Morgan fingerprint density at radius 1 is 1.38 bits per heavy atom. The fourth-order valence-electron chi connectivity index (χ4n) is 1.58. The summed E-state index contributed by atoms with van der Waals surface area (Å²) < 4.78 is 40.7. The lowest BCUT2D eigenvalue weighted by atomic mass is 10.1. The average Bonchev–Trinajstić information content (AvgIpc) is 2.98. The molecule has 0 spiro atoms. The molecule has 3 nitrogen and oxygen atoms in total. The molecule has 1 aliphatic carbocycles. The van der Waals surface area contributed by atoms with Crippen LogP contribution in [0.2, 0.25) is 0 Å². The molecule has 2 atom stereocenters. The molecule has 0 radical (unpaired) electrons. The maximum Gasteiger partial charge on any atom is 0.389 e. The zero-order valence-corrected chi connectivity index (χ0v) is 9.04. The van der Waals surface area contributed by atoms with Crippen LogP contribution in [0.4, 0.5) is 13.2 Å². The zero-order valence-electron chi connectivity index (χ0n) is 9.04. The largest absolute Gasteiger partial charge is 0.394 e. The monoisotopic (exact) mass is 241 g/mol. The summed E-state index contributed by atoms with van der Waals surface area (Å²) in [5.74, 6) is 0.361. The predicted octanol–water partition coefficient (Wildman–Crippen LogP) is 1.44. The topological polar surface area (TPSA) is 55.5 Å². The molecule has 0 heterocycles. The van der Waals surface area contributed by atoms with Crippen LogP contribution in [0.5, 0.6) is 0 Å². The summed E-state index contributed by atoms with van der Waals surface area (Å²) in [4.78, 5) is 0. The summed E-state index contributed by atoms with van der Waals surface area (Å²) in [5.41, 5.74) is 5.79. The van der Waals surface area contributed by atoms with Gasteiger partial charge in [0.1, 0.15) is 0 Å². The van der Waals surface area contributed by atoms with E-state index in [-0.39, 0.29) is 25.7 Å². The molecule has 0 aliphatic heterocycles. The van der Waals surface area contributed by atoms with E-state index in [4.69, 9.17) is 15.6 Å². The van der Waals surface area contributed by atoms with E-state index >= 15 is 0 Å². The Morgan fingerprint density at radius 3 is 2.44 bits per heavy atom. The molecule has 1 aliphatic rings. The van der Waals surface area contributed by atoms with Crippen molar-refractivity contribution in [2.45, 2.75) is 44.0 Å². The average molecular weight is 241 g/mol. The molecule has 16 heavy (non-hydrogen) atoms. The first-order valence-electron chi connectivity index (χ1n) is 5.49. The van der Waals surface area contributed by atoms with Crippen LogP contribution < -0.4 is 5.73 Å². The van der Waals surface area contributed by atoms with Gasteiger partial charge in [-0.3, -0.25) is 0 Å².